The number of halogens is 5. The molecule has 1 amide bonds. The highest BCUT2D eigenvalue weighted by molar-refractivity contribution is 6.35. The molecule has 2 heterocycles. The lowest BCUT2D eigenvalue weighted by Gasteiger charge is -2.35. The standard InChI is InChI=1S/C28H24ClF4N5O2/c1-2-22(40)37-11-13-38(14-12-37)26-19-15-20(29)23(18-7-3-6-17-16(18)5-4-8-21(17)39)24(30)25(19)35-27(36-26)34-10-9-28(31,32)33/h2-8,15,39H,1,9-14H2,(H,34,35,36). The number of hydrogen-bond donors (Lipinski definition) is 2. The van der Waals surface area contributed by atoms with Crippen molar-refractivity contribution in [3.63, 3.8) is 0 Å². The molecule has 40 heavy (non-hydrogen) atoms. The average Bonchev–Trinajstić information content (AvgIpc) is 2.92. The summed E-state index contributed by atoms with van der Waals surface area (Å²) in [6.07, 6.45) is -4.30. The minimum absolute atomic E-state index is 0.0199. The van der Waals surface area contributed by atoms with E-state index in [2.05, 4.69) is 21.9 Å². The van der Waals surface area contributed by atoms with Gasteiger partial charge in [0.1, 0.15) is 17.1 Å². The number of phenolic OH excluding ortho intramolecular Hbond substituents is 1. The molecule has 5 rings (SSSR count). The number of aromatic hydroxyl groups is 1. The van der Waals surface area contributed by atoms with E-state index in [1.807, 2.05) is 4.90 Å². The molecule has 0 bridgehead atoms. The maximum Gasteiger partial charge on any atom is 0.390 e. The summed E-state index contributed by atoms with van der Waals surface area (Å²) in [6.45, 7) is 4.39. The Morgan fingerprint density at radius 1 is 1.07 bits per heavy atom. The van der Waals surface area contributed by atoms with Gasteiger partial charge in [-0.05, 0) is 29.2 Å². The van der Waals surface area contributed by atoms with Crippen LogP contribution >= 0.6 is 11.6 Å². The summed E-state index contributed by atoms with van der Waals surface area (Å²) in [6, 6.07) is 11.4. The molecule has 2 N–H and O–H groups in total. The molecule has 4 aromatic rings. The van der Waals surface area contributed by atoms with Gasteiger partial charge in [0.2, 0.25) is 11.9 Å². The fraction of sp³-hybridized carbons (Fsp3) is 0.250. The number of fused-ring (bicyclic) bond motifs is 2. The number of rotatable bonds is 6. The van der Waals surface area contributed by atoms with E-state index in [4.69, 9.17) is 11.6 Å². The third-order valence-corrected chi connectivity index (χ3v) is 7.09. The fourth-order valence-corrected chi connectivity index (χ4v) is 5.14. The van der Waals surface area contributed by atoms with Gasteiger partial charge in [-0.15, -0.1) is 0 Å². The lowest BCUT2D eigenvalue weighted by molar-refractivity contribution is -0.131. The second-order valence-electron chi connectivity index (χ2n) is 9.30. The van der Waals surface area contributed by atoms with Crippen LogP contribution in [0.1, 0.15) is 6.42 Å². The summed E-state index contributed by atoms with van der Waals surface area (Å²) in [5, 5.41) is 14.3. The molecule has 1 aliphatic rings. The Kier molecular flexibility index (Phi) is 7.41. The van der Waals surface area contributed by atoms with Crippen LogP contribution in [0.15, 0.2) is 55.1 Å². The zero-order chi connectivity index (χ0) is 28.6. The second kappa shape index (κ2) is 10.8. The first-order valence-corrected chi connectivity index (χ1v) is 12.8. The number of hydrogen-bond acceptors (Lipinski definition) is 6. The van der Waals surface area contributed by atoms with Crippen molar-refractivity contribution in [1.29, 1.82) is 0 Å². The van der Waals surface area contributed by atoms with Crippen molar-refractivity contribution in [1.82, 2.24) is 14.9 Å². The van der Waals surface area contributed by atoms with Gasteiger partial charge in [0, 0.05) is 49.1 Å². The number of carbonyl (C=O) groups excluding carboxylic acids is 1. The van der Waals surface area contributed by atoms with E-state index in [9.17, 15) is 23.1 Å². The van der Waals surface area contributed by atoms with Crippen molar-refractivity contribution in [2.24, 2.45) is 0 Å². The molecule has 0 atom stereocenters. The average molecular weight is 574 g/mol. The zero-order valence-electron chi connectivity index (χ0n) is 21.1. The minimum atomic E-state index is -4.40. The van der Waals surface area contributed by atoms with Crippen LogP contribution in [0.4, 0.5) is 29.3 Å². The molecule has 1 aromatic heterocycles. The van der Waals surface area contributed by atoms with Crippen LogP contribution in [0.5, 0.6) is 5.75 Å². The van der Waals surface area contributed by atoms with Gasteiger partial charge in [0.05, 0.1) is 11.4 Å². The number of benzene rings is 3. The Bertz CT molecular complexity index is 1620. The Balaban J connectivity index is 1.64. The van der Waals surface area contributed by atoms with Gasteiger partial charge in [-0.3, -0.25) is 4.79 Å². The van der Waals surface area contributed by atoms with Gasteiger partial charge in [0.15, 0.2) is 5.82 Å². The summed E-state index contributed by atoms with van der Waals surface area (Å²) in [5.74, 6) is -0.860. The summed E-state index contributed by atoms with van der Waals surface area (Å²) in [4.78, 5) is 24.1. The first-order valence-electron chi connectivity index (χ1n) is 12.4. The molecule has 7 nitrogen and oxygen atoms in total. The second-order valence-corrected chi connectivity index (χ2v) is 9.71. The predicted octanol–water partition coefficient (Wildman–Crippen LogP) is 6.15. The highest BCUT2D eigenvalue weighted by Crippen LogP contribution is 2.42. The summed E-state index contributed by atoms with van der Waals surface area (Å²) in [7, 11) is 0. The van der Waals surface area contributed by atoms with Gasteiger partial charge >= 0.3 is 6.18 Å². The number of alkyl halides is 3. The van der Waals surface area contributed by atoms with Crippen LogP contribution in [0.25, 0.3) is 32.8 Å². The van der Waals surface area contributed by atoms with E-state index in [1.54, 1.807) is 35.2 Å². The molecule has 1 saturated heterocycles. The number of aromatic nitrogens is 2. The van der Waals surface area contributed by atoms with Crippen molar-refractivity contribution in [3.8, 4) is 16.9 Å². The topological polar surface area (TPSA) is 81.6 Å². The normalized spacial score (nSPS) is 14.1. The molecule has 1 fully saturated rings. The maximum absolute atomic E-state index is 16.4. The number of amides is 1. The third kappa shape index (κ3) is 5.33. The minimum Gasteiger partial charge on any atom is -0.507 e. The van der Waals surface area contributed by atoms with E-state index in [1.165, 1.54) is 18.2 Å². The zero-order valence-corrected chi connectivity index (χ0v) is 21.9. The van der Waals surface area contributed by atoms with Crippen molar-refractivity contribution >= 4 is 50.9 Å². The predicted molar refractivity (Wildman–Crippen MR) is 147 cm³/mol. The highest BCUT2D eigenvalue weighted by atomic mass is 35.5. The number of nitrogens with one attached hydrogen (secondary N) is 1. The summed E-state index contributed by atoms with van der Waals surface area (Å²) < 4.78 is 54.8. The molecule has 0 aliphatic carbocycles. The van der Waals surface area contributed by atoms with Crippen LogP contribution in [0.2, 0.25) is 5.02 Å². The number of anilines is 2. The van der Waals surface area contributed by atoms with Crippen molar-refractivity contribution in [3.05, 3.63) is 66.0 Å². The van der Waals surface area contributed by atoms with Crippen LogP contribution in [-0.2, 0) is 4.79 Å². The first-order chi connectivity index (χ1) is 19.1. The number of piperazine rings is 1. The Morgan fingerprint density at radius 2 is 1.77 bits per heavy atom. The molecule has 0 unspecified atom stereocenters. The Labute approximate surface area is 231 Å². The fourth-order valence-electron chi connectivity index (χ4n) is 4.84. The molecule has 1 aliphatic heterocycles. The smallest absolute Gasteiger partial charge is 0.390 e. The SMILES string of the molecule is C=CC(=O)N1CCN(c2nc(NCCC(F)(F)F)nc3c(F)c(-c4cccc5c(O)cccc45)c(Cl)cc23)CC1. The lowest BCUT2D eigenvalue weighted by Crippen LogP contribution is -2.48. The van der Waals surface area contributed by atoms with Gasteiger partial charge < -0.3 is 20.2 Å². The monoisotopic (exact) mass is 573 g/mol. The third-order valence-electron chi connectivity index (χ3n) is 6.79. The van der Waals surface area contributed by atoms with Crippen molar-refractivity contribution in [2.45, 2.75) is 12.6 Å². The molecule has 0 radical (unpaired) electrons. The molecular weight excluding hydrogens is 550 g/mol. The van der Waals surface area contributed by atoms with Crippen LogP contribution in [0.3, 0.4) is 0 Å². The van der Waals surface area contributed by atoms with Crippen LogP contribution in [-0.4, -0.2) is 64.8 Å². The highest BCUT2D eigenvalue weighted by Gasteiger charge is 2.28. The molecule has 0 spiro atoms. The summed E-state index contributed by atoms with van der Waals surface area (Å²) >= 11 is 6.67. The van der Waals surface area contributed by atoms with Gasteiger partial charge in [-0.1, -0.05) is 48.5 Å². The molecule has 3 aromatic carbocycles. The molecule has 208 valence electrons. The van der Waals surface area contributed by atoms with Crippen LogP contribution < -0.4 is 10.2 Å². The molecule has 0 saturated carbocycles. The van der Waals surface area contributed by atoms with Crippen molar-refractivity contribution in [2.75, 3.05) is 42.9 Å². The quantitative estimate of drug-likeness (QED) is 0.213. The van der Waals surface area contributed by atoms with Gasteiger partial charge in [0.25, 0.3) is 0 Å². The van der Waals surface area contributed by atoms with E-state index >= 15 is 4.39 Å². The van der Waals surface area contributed by atoms with Crippen LogP contribution in [0, 0.1) is 5.82 Å². The lowest BCUT2D eigenvalue weighted by atomic mass is 9.96. The van der Waals surface area contributed by atoms with E-state index in [0.717, 1.165) is 0 Å². The van der Waals surface area contributed by atoms with Gasteiger partial charge in [-0.2, -0.15) is 18.2 Å². The van der Waals surface area contributed by atoms with E-state index in [-0.39, 0.29) is 44.9 Å². The number of phenols is 1. The first kappa shape index (κ1) is 27.4. The number of nitrogens with zero attached hydrogens (tertiary/aromatic N) is 4. The maximum atomic E-state index is 16.4. The summed E-state index contributed by atoms with van der Waals surface area (Å²) in [5.41, 5.74) is 0.333. The molecular formula is C28H24ClF4N5O2. The Hall–Kier alpha value is -4.12. The largest absolute Gasteiger partial charge is 0.507 e. The van der Waals surface area contributed by atoms with Crippen molar-refractivity contribution < 1.29 is 27.5 Å². The molecule has 12 heteroatoms. The van der Waals surface area contributed by atoms with Gasteiger partial charge in [-0.25, -0.2) is 9.37 Å². The van der Waals surface area contributed by atoms with E-state index in [0.29, 0.717) is 42.5 Å². The number of carbonyl (C=O) groups is 1. The Morgan fingerprint density at radius 3 is 2.48 bits per heavy atom. The van der Waals surface area contributed by atoms with E-state index < -0.39 is 25.0 Å².